The molecule has 1 fully saturated rings. The van der Waals surface area contributed by atoms with E-state index in [9.17, 15) is 10.2 Å². The molecule has 0 radical (unpaired) electrons. The van der Waals surface area contributed by atoms with Crippen LogP contribution in [0, 0.1) is 0 Å². The first-order valence-electron chi connectivity index (χ1n) is 12.0. The van der Waals surface area contributed by atoms with Crippen LogP contribution in [0.4, 0.5) is 0 Å². The lowest BCUT2D eigenvalue weighted by Gasteiger charge is -2.56. The second kappa shape index (κ2) is 8.26. The topological polar surface area (TPSA) is 59.5 Å². The van der Waals surface area contributed by atoms with Crippen molar-refractivity contribution in [3.8, 4) is 5.75 Å². The highest BCUT2D eigenvalue weighted by molar-refractivity contribution is 9.10. The number of fused-ring (bicyclic) bond motifs is 4. The summed E-state index contributed by atoms with van der Waals surface area (Å²) in [6, 6.07) is 24.5. The number of halogens is 1. The van der Waals surface area contributed by atoms with Gasteiger partial charge in [-0.15, -0.1) is 0 Å². The van der Waals surface area contributed by atoms with Gasteiger partial charge in [0.25, 0.3) is 0 Å². The first kappa shape index (κ1) is 21.9. The Labute approximate surface area is 208 Å². The van der Waals surface area contributed by atoms with Crippen LogP contribution in [0.1, 0.15) is 28.8 Å². The number of aliphatic hydroxyl groups is 1. The molecule has 1 saturated heterocycles. The number of phenolic OH excluding ortho intramolecular Hbond substituents is 1. The van der Waals surface area contributed by atoms with E-state index in [4.69, 9.17) is 0 Å². The molecule has 4 nitrogen and oxygen atoms in total. The molecule has 1 aliphatic heterocycles. The monoisotopic (exact) mass is 516 g/mol. The maximum atomic E-state index is 12.5. The zero-order valence-electron chi connectivity index (χ0n) is 19.1. The Morgan fingerprint density at radius 2 is 1.82 bits per heavy atom. The quantitative estimate of drug-likeness (QED) is 0.342. The molecule has 6 rings (SSSR count). The van der Waals surface area contributed by atoms with E-state index in [-0.39, 0.29) is 5.75 Å². The van der Waals surface area contributed by atoms with Gasteiger partial charge in [-0.25, -0.2) is 0 Å². The summed E-state index contributed by atoms with van der Waals surface area (Å²) in [5.74, 6) is 0.257. The summed E-state index contributed by atoms with van der Waals surface area (Å²) >= 11 is 3.59. The van der Waals surface area contributed by atoms with Crippen molar-refractivity contribution in [3.63, 3.8) is 0 Å². The van der Waals surface area contributed by atoms with Crippen LogP contribution in [-0.2, 0) is 24.7 Å². The number of likely N-dealkylation sites (tertiary alicyclic amines) is 1. The number of H-pyrrole nitrogens is 1. The normalized spacial score (nSPS) is 24.6. The summed E-state index contributed by atoms with van der Waals surface area (Å²) in [5.41, 5.74) is 4.53. The molecule has 2 heterocycles. The van der Waals surface area contributed by atoms with Crippen molar-refractivity contribution in [2.45, 2.75) is 36.7 Å². The second-order valence-electron chi connectivity index (χ2n) is 10.1. The van der Waals surface area contributed by atoms with Crippen molar-refractivity contribution in [2.24, 2.45) is 0 Å². The lowest BCUT2D eigenvalue weighted by Crippen LogP contribution is -2.66. The van der Waals surface area contributed by atoms with Gasteiger partial charge in [0.15, 0.2) is 0 Å². The van der Waals surface area contributed by atoms with Crippen LogP contribution in [-0.4, -0.2) is 45.3 Å². The second-order valence-corrected chi connectivity index (χ2v) is 11.0. The number of nitrogens with zero attached hydrogens (tertiary/aromatic N) is 1. The van der Waals surface area contributed by atoms with Gasteiger partial charge >= 0.3 is 0 Å². The number of aromatic hydroxyl groups is 1. The largest absolute Gasteiger partial charge is 0.508 e. The van der Waals surface area contributed by atoms with E-state index >= 15 is 0 Å². The van der Waals surface area contributed by atoms with Gasteiger partial charge in [-0.3, -0.25) is 0 Å². The number of rotatable bonds is 4. The third-order valence-electron chi connectivity index (χ3n) is 8.09. The van der Waals surface area contributed by atoms with Gasteiger partial charge in [0, 0.05) is 52.4 Å². The molecule has 0 bridgehead atoms. The Balaban J connectivity index is 1.40. The number of benzene rings is 3. The number of nitrogens with one attached hydrogen (secondary N) is 1. The molecule has 3 aromatic carbocycles. The van der Waals surface area contributed by atoms with Crippen LogP contribution in [0.5, 0.6) is 5.75 Å². The highest BCUT2D eigenvalue weighted by Crippen LogP contribution is 2.51. The third-order valence-corrected chi connectivity index (χ3v) is 8.59. The molecule has 0 saturated carbocycles. The molecule has 34 heavy (non-hydrogen) atoms. The van der Waals surface area contributed by atoms with Crippen molar-refractivity contribution in [1.82, 2.24) is 9.88 Å². The highest BCUT2D eigenvalue weighted by Gasteiger charge is 2.57. The molecular weight excluding hydrogens is 488 g/mol. The van der Waals surface area contributed by atoms with Gasteiger partial charge in [-0.2, -0.15) is 0 Å². The summed E-state index contributed by atoms with van der Waals surface area (Å²) in [6.45, 7) is 2.47. The number of β-amino-alcohol motifs (C(OH)–C–C–N with tert-alkyl or cyclic N) is 1. The number of piperidine rings is 1. The minimum atomic E-state index is -0.926. The zero-order chi connectivity index (χ0) is 23.3. The standard InChI is InChI=1S/C29H29BrN2O2/c30-22-9-10-24-25-17-29(34)19-32(13-11-20-5-2-1-3-6-20)14-12-28(29,18-27(25)31-26(24)16-22)21-7-4-8-23(33)15-21/h1-10,15-16,31,33-34H,11-14,17-19H2. The number of hydrogen-bond acceptors (Lipinski definition) is 3. The fourth-order valence-electron chi connectivity index (χ4n) is 6.33. The molecule has 4 aromatic rings. The van der Waals surface area contributed by atoms with E-state index in [1.165, 1.54) is 22.2 Å². The summed E-state index contributed by atoms with van der Waals surface area (Å²) in [6.07, 6.45) is 3.16. The van der Waals surface area contributed by atoms with E-state index in [1.807, 2.05) is 12.1 Å². The Kier molecular flexibility index (Phi) is 5.32. The summed E-state index contributed by atoms with van der Waals surface area (Å²) in [7, 11) is 0. The Morgan fingerprint density at radius 3 is 2.65 bits per heavy atom. The van der Waals surface area contributed by atoms with Crippen LogP contribution in [0.2, 0.25) is 0 Å². The smallest absolute Gasteiger partial charge is 0.115 e. The van der Waals surface area contributed by atoms with E-state index in [1.54, 1.807) is 6.07 Å². The SMILES string of the molecule is Oc1cccc(C23CCN(CCc4ccccc4)CC2(O)Cc2c([nH]c4cc(Br)ccc24)C3)c1. The Bertz CT molecular complexity index is 1350. The average Bonchev–Trinajstić information content (AvgIpc) is 3.16. The zero-order valence-corrected chi connectivity index (χ0v) is 20.7. The molecule has 0 amide bonds. The van der Waals surface area contributed by atoms with Gasteiger partial charge in [0.1, 0.15) is 5.75 Å². The van der Waals surface area contributed by atoms with E-state index in [0.717, 1.165) is 47.9 Å². The van der Waals surface area contributed by atoms with Crippen LogP contribution >= 0.6 is 15.9 Å². The molecular formula is C29H29BrN2O2. The minimum absolute atomic E-state index is 0.257. The van der Waals surface area contributed by atoms with Crippen LogP contribution in [0.25, 0.3) is 10.9 Å². The van der Waals surface area contributed by atoms with E-state index in [2.05, 4.69) is 80.4 Å². The minimum Gasteiger partial charge on any atom is -0.508 e. The molecule has 1 aromatic heterocycles. The highest BCUT2D eigenvalue weighted by atomic mass is 79.9. The Morgan fingerprint density at radius 1 is 0.971 bits per heavy atom. The van der Waals surface area contributed by atoms with Gasteiger partial charge in [-0.1, -0.05) is 64.5 Å². The van der Waals surface area contributed by atoms with Gasteiger partial charge in [-0.05, 0) is 60.3 Å². The summed E-state index contributed by atoms with van der Waals surface area (Å²) in [5, 5.41) is 24.0. The lowest BCUT2D eigenvalue weighted by molar-refractivity contribution is -0.102. The van der Waals surface area contributed by atoms with Gasteiger partial charge in [0.2, 0.25) is 0 Å². The molecule has 1 aliphatic carbocycles. The molecule has 174 valence electrons. The van der Waals surface area contributed by atoms with Gasteiger partial charge < -0.3 is 20.1 Å². The fraction of sp³-hybridized carbons (Fsp3) is 0.310. The summed E-state index contributed by atoms with van der Waals surface area (Å²) in [4.78, 5) is 6.08. The maximum Gasteiger partial charge on any atom is 0.115 e. The number of aromatic amines is 1. The van der Waals surface area contributed by atoms with Crippen LogP contribution in [0.15, 0.2) is 77.3 Å². The van der Waals surface area contributed by atoms with Crippen molar-refractivity contribution in [1.29, 1.82) is 0 Å². The van der Waals surface area contributed by atoms with Crippen molar-refractivity contribution in [3.05, 3.63) is 99.7 Å². The predicted molar refractivity (Wildman–Crippen MR) is 139 cm³/mol. The molecule has 2 atom stereocenters. The number of phenols is 1. The molecule has 0 spiro atoms. The molecule has 2 unspecified atom stereocenters. The fourth-order valence-corrected chi connectivity index (χ4v) is 6.69. The third kappa shape index (κ3) is 3.58. The summed E-state index contributed by atoms with van der Waals surface area (Å²) < 4.78 is 1.05. The van der Waals surface area contributed by atoms with Crippen LogP contribution in [0.3, 0.4) is 0 Å². The number of aromatic nitrogens is 1. The van der Waals surface area contributed by atoms with Crippen molar-refractivity contribution in [2.75, 3.05) is 19.6 Å². The maximum absolute atomic E-state index is 12.5. The molecule has 5 heteroatoms. The molecule has 2 aliphatic rings. The van der Waals surface area contributed by atoms with Crippen LogP contribution < -0.4 is 0 Å². The Hall–Kier alpha value is -2.60. The van der Waals surface area contributed by atoms with E-state index in [0.29, 0.717) is 13.0 Å². The average molecular weight is 517 g/mol. The van der Waals surface area contributed by atoms with Crippen molar-refractivity contribution < 1.29 is 10.2 Å². The lowest BCUT2D eigenvalue weighted by atomic mass is 9.56. The van der Waals surface area contributed by atoms with Crippen molar-refractivity contribution >= 4 is 26.8 Å². The molecule has 3 N–H and O–H groups in total. The predicted octanol–water partition coefficient (Wildman–Crippen LogP) is 5.35. The first-order valence-corrected chi connectivity index (χ1v) is 12.8. The van der Waals surface area contributed by atoms with E-state index < -0.39 is 11.0 Å². The van der Waals surface area contributed by atoms with Gasteiger partial charge in [0.05, 0.1) is 5.60 Å². The first-order chi connectivity index (χ1) is 16.5. The number of hydrogen-bond donors (Lipinski definition) is 3.